The van der Waals surface area contributed by atoms with Crippen LogP contribution in [0.3, 0.4) is 0 Å². The van der Waals surface area contributed by atoms with E-state index in [4.69, 9.17) is 0 Å². The van der Waals surface area contributed by atoms with Gasteiger partial charge in [-0.25, -0.2) is 0 Å². The lowest BCUT2D eigenvalue weighted by atomic mass is 10.1. The van der Waals surface area contributed by atoms with E-state index in [2.05, 4.69) is 15.7 Å². The highest BCUT2D eigenvalue weighted by Gasteiger charge is 2.32. The molecule has 0 unspecified atom stereocenters. The van der Waals surface area contributed by atoms with Crippen molar-refractivity contribution >= 4 is 17.5 Å². The van der Waals surface area contributed by atoms with Crippen molar-refractivity contribution in [3.05, 3.63) is 82.2 Å². The topological polar surface area (TPSA) is 96.2 Å². The van der Waals surface area contributed by atoms with Crippen LogP contribution in [0.4, 0.5) is 5.69 Å². The third-order valence-corrected chi connectivity index (χ3v) is 5.66. The number of amides is 2. The lowest BCUT2D eigenvalue weighted by molar-refractivity contribution is -0.116. The van der Waals surface area contributed by atoms with Crippen LogP contribution < -0.4 is 10.6 Å². The molecular formula is C24H26N4O3. The molecule has 0 fully saturated rings. The summed E-state index contributed by atoms with van der Waals surface area (Å²) in [6.45, 7) is 5.75. The summed E-state index contributed by atoms with van der Waals surface area (Å²) < 4.78 is 1.65. The lowest BCUT2D eigenvalue weighted by Gasteiger charge is -2.18. The zero-order valence-corrected chi connectivity index (χ0v) is 17.8. The van der Waals surface area contributed by atoms with Crippen LogP contribution in [0.1, 0.15) is 44.5 Å². The molecule has 1 aliphatic carbocycles. The Morgan fingerprint density at radius 3 is 2.65 bits per heavy atom. The van der Waals surface area contributed by atoms with E-state index in [9.17, 15) is 14.7 Å². The van der Waals surface area contributed by atoms with Gasteiger partial charge in [0.25, 0.3) is 5.91 Å². The van der Waals surface area contributed by atoms with Crippen LogP contribution in [0.2, 0.25) is 0 Å². The van der Waals surface area contributed by atoms with Gasteiger partial charge in [0.2, 0.25) is 5.91 Å². The molecule has 3 N–H and O–H groups in total. The molecule has 2 amide bonds. The first-order valence-electron chi connectivity index (χ1n) is 10.3. The molecule has 0 saturated heterocycles. The third kappa shape index (κ3) is 4.36. The van der Waals surface area contributed by atoms with Crippen LogP contribution in [0.15, 0.2) is 48.5 Å². The van der Waals surface area contributed by atoms with E-state index >= 15 is 0 Å². The van der Waals surface area contributed by atoms with E-state index in [0.29, 0.717) is 17.7 Å². The maximum absolute atomic E-state index is 12.9. The van der Waals surface area contributed by atoms with Gasteiger partial charge in [0.1, 0.15) is 6.54 Å². The minimum absolute atomic E-state index is 0.0978. The van der Waals surface area contributed by atoms with Crippen molar-refractivity contribution in [3.8, 4) is 0 Å². The minimum Gasteiger partial charge on any atom is -0.390 e. The van der Waals surface area contributed by atoms with Gasteiger partial charge in [0.05, 0.1) is 17.8 Å². The molecular weight excluding hydrogens is 392 g/mol. The lowest BCUT2D eigenvalue weighted by Crippen LogP contribution is -2.34. The van der Waals surface area contributed by atoms with Gasteiger partial charge in [0, 0.05) is 23.4 Å². The summed E-state index contributed by atoms with van der Waals surface area (Å²) in [5.41, 5.74) is 5.60. The Hall–Kier alpha value is -3.45. The van der Waals surface area contributed by atoms with Crippen molar-refractivity contribution in [1.82, 2.24) is 15.1 Å². The molecule has 3 aromatic rings. The first-order chi connectivity index (χ1) is 14.8. The highest BCUT2D eigenvalue weighted by molar-refractivity contribution is 5.98. The van der Waals surface area contributed by atoms with Gasteiger partial charge < -0.3 is 15.7 Å². The summed E-state index contributed by atoms with van der Waals surface area (Å²) in [6.07, 6.45) is -0.144. The van der Waals surface area contributed by atoms with Gasteiger partial charge in [-0.15, -0.1) is 0 Å². The van der Waals surface area contributed by atoms with Crippen LogP contribution in [-0.2, 0) is 17.8 Å². The van der Waals surface area contributed by atoms with Crippen LogP contribution in [0.5, 0.6) is 0 Å². The fourth-order valence-corrected chi connectivity index (χ4v) is 4.03. The number of hydrogen-bond acceptors (Lipinski definition) is 4. The Morgan fingerprint density at radius 1 is 1.13 bits per heavy atom. The third-order valence-electron chi connectivity index (χ3n) is 5.66. The molecule has 31 heavy (non-hydrogen) atoms. The monoisotopic (exact) mass is 418 g/mol. The zero-order chi connectivity index (χ0) is 22.1. The van der Waals surface area contributed by atoms with Crippen LogP contribution in [0, 0.1) is 20.8 Å². The van der Waals surface area contributed by atoms with E-state index in [0.717, 1.165) is 28.1 Å². The fourth-order valence-electron chi connectivity index (χ4n) is 4.03. The molecule has 0 aliphatic heterocycles. The summed E-state index contributed by atoms with van der Waals surface area (Å²) in [5.74, 6) is -0.512. The molecule has 0 saturated carbocycles. The van der Waals surface area contributed by atoms with Crippen molar-refractivity contribution in [1.29, 1.82) is 0 Å². The number of aliphatic hydroxyl groups is 1. The first-order valence-corrected chi connectivity index (χ1v) is 10.3. The number of fused-ring (bicyclic) bond motifs is 1. The summed E-state index contributed by atoms with van der Waals surface area (Å²) >= 11 is 0. The Kier molecular flexibility index (Phi) is 5.61. The molecule has 160 valence electrons. The minimum atomic E-state index is -0.660. The number of rotatable bonds is 5. The van der Waals surface area contributed by atoms with Crippen molar-refractivity contribution in [2.24, 2.45) is 0 Å². The van der Waals surface area contributed by atoms with Crippen LogP contribution >= 0.6 is 0 Å². The Balaban J connectivity index is 1.48. The largest absolute Gasteiger partial charge is 0.390 e. The van der Waals surface area contributed by atoms with Gasteiger partial charge >= 0.3 is 0 Å². The predicted molar refractivity (Wildman–Crippen MR) is 118 cm³/mol. The number of carbonyl (C=O) groups excluding carboxylic acids is 2. The van der Waals surface area contributed by atoms with E-state index in [1.165, 1.54) is 0 Å². The molecule has 0 radical (unpaired) electrons. The van der Waals surface area contributed by atoms with E-state index in [-0.39, 0.29) is 18.4 Å². The number of aromatic nitrogens is 2. The Bertz CT molecular complexity index is 1150. The molecule has 1 heterocycles. The van der Waals surface area contributed by atoms with Gasteiger partial charge in [0.15, 0.2) is 0 Å². The summed E-state index contributed by atoms with van der Waals surface area (Å²) in [4.78, 5) is 25.4. The second kappa shape index (κ2) is 8.35. The molecule has 2 aromatic carbocycles. The average Bonchev–Trinajstić information content (AvgIpc) is 3.21. The van der Waals surface area contributed by atoms with Crippen molar-refractivity contribution in [2.45, 2.75) is 45.9 Å². The molecule has 1 aliphatic rings. The predicted octanol–water partition coefficient (Wildman–Crippen LogP) is 2.84. The molecule has 0 spiro atoms. The van der Waals surface area contributed by atoms with Gasteiger partial charge in [-0.1, -0.05) is 30.3 Å². The van der Waals surface area contributed by atoms with Crippen molar-refractivity contribution < 1.29 is 14.7 Å². The Labute approximate surface area is 181 Å². The number of aryl methyl sites for hydroxylation is 3. The normalized spacial score (nSPS) is 17.3. The first kappa shape index (κ1) is 20.8. The van der Waals surface area contributed by atoms with E-state index < -0.39 is 12.1 Å². The second-order valence-electron chi connectivity index (χ2n) is 8.08. The molecule has 2 atom stereocenters. The van der Waals surface area contributed by atoms with Gasteiger partial charge in [-0.3, -0.25) is 14.3 Å². The summed E-state index contributed by atoms with van der Waals surface area (Å²) in [7, 11) is 0. The van der Waals surface area contributed by atoms with Gasteiger partial charge in [-0.05, 0) is 55.7 Å². The SMILES string of the molecule is Cc1cc(C)n(CC(=O)Nc2cc(C(=O)N[C@@H]3c4ccccc4C[C@@H]3O)ccc2C)n1. The van der Waals surface area contributed by atoms with Crippen molar-refractivity contribution in [3.63, 3.8) is 0 Å². The number of carbonyl (C=O) groups is 2. The number of nitrogens with zero attached hydrogens (tertiary/aromatic N) is 2. The standard InChI is InChI=1S/C24H26N4O3/c1-14-8-9-18(11-20(14)25-22(30)13-28-16(3)10-15(2)27-28)24(31)26-23-19-7-5-4-6-17(19)12-21(23)29/h4-11,21,23,29H,12-13H2,1-3H3,(H,25,30)(H,26,31)/t21-,23+/m0/s1. The smallest absolute Gasteiger partial charge is 0.251 e. The summed E-state index contributed by atoms with van der Waals surface area (Å²) in [5, 5.41) is 20.5. The van der Waals surface area contributed by atoms with Crippen molar-refractivity contribution in [2.75, 3.05) is 5.32 Å². The van der Waals surface area contributed by atoms with Crippen LogP contribution in [-0.4, -0.2) is 32.8 Å². The number of hydrogen-bond donors (Lipinski definition) is 3. The maximum atomic E-state index is 12.9. The second-order valence-corrected chi connectivity index (χ2v) is 8.08. The highest BCUT2D eigenvalue weighted by Crippen LogP contribution is 2.31. The number of anilines is 1. The molecule has 4 rings (SSSR count). The summed E-state index contributed by atoms with van der Waals surface area (Å²) in [6, 6.07) is 14.4. The number of benzene rings is 2. The molecule has 0 bridgehead atoms. The van der Waals surface area contributed by atoms with E-state index in [1.807, 2.05) is 51.1 Å². The quantitative estimate of drug-likeness (QED) is 0.594. The average molecular weight is 418 g/mol. The highest BCUT2D eigenvalue weighted by atomic mass is 16.3. The Morgan fingerprint density at radius 2 is 1.90 bits per heavy atom. The number of aliphatic hydroxyl groups excluding tert-OH is 1. The molecule has 7 nitrogen and oxygen atoms in total. The molecule has 7 heteroatoms. The van der Waals surface area contributed by atoms with Crippen LogP contribution in [0.25, 0.3) is 0 Å². The fraction of sp³-hybridized carbons (Fsp3) is 0.292. The molecule has 1 aromatic heterocycles. The maximum Gasteiger partial charge on any atom is 0.251 e. The number of nitrogens with one attached hydrogen (secondary N) is 2. The zero-order valence-electron chi connectivity index (χ0n) is 17.8. The van der Waals surface area contributed by atoms with Gasteiger partial charge in [-0.2, -0.15) is 5.10 Å². The van der Waals surface area contributed by atoms with E-state index in [1.54, 1.807) is 22.9 Å².